The molecule has 4 heteroatoms. The lowest BCUT2D eigenvalue weighted by Gasteiger charge is -2.21. The van der Waals surface area contributed by atoms with E-state index in [-0.39, 0.29) is 5.91 Å². The number of amides is 1. The molecule has 1 aliphatic carbocycles. The third-order valence-corrected chi connectivity index (χ3v) is 3.48. The van der Waals surface area contributed by atoms with Gasteiger partial charge in [0.1, 0.15) is 5.76 Å². The highest BCUT2D eigenvalue weighted by atomic mass is 16.3. The predicted octanol–water partition coefficient (Wildman–Crippen LogP) is 2.07. The normalized spacial score (nSPS) is 16.7. The molecule has 0 unspecified atom stereocenters. The number of carbonyl (C=O) groups is 1. The molecular weight excluding hydrogens is 228 g/mol. The summed E-state index contributed by atoms with van der Waals surface area (Å²) in [5.74, 6) is 1.62. The van der Waals surface area contributed by atoms with Gasteiger partial charge in [-0.25, -0.2) is 0 Å². The van der Waals surface area contributed by atoms with Crippen LogP contribution in [0.25, 0.3) is 0 Å². The van der Waals surface area contributed by atoms with Crippen molar-refractivity contribution in [2.45, 2.75) is 38.6 Å². The summed E-state index contributed by atoms with van der Waals surface area (Å²) in [4.78, 5) is 11.6. The lowest BCUT2D eigenvalue weighted by atomic mass is 9.89. The molecule has 1 amide bonds. The number of hydrogen-bond acceptors (Lipinski definition) is 3. The first-order valence-corrected chi connectivity index (χ1v) is 6.84. The van der Waals surface area contributed by atoms with Gasteiger partial charge in [-0.05, 0) is 30.9 Å². The van der Waals surface area contributed by atoms with E-state index < -0.39 is 0 Å². The first-order valence-electron chi connectivity index (χ1n) is 6.84. The van der Waals surface area contributed by atoms with Gasteiger partial charge in [-0.15, -0.1) is 0 Å². The van der Waals surface area contributed by atoms with Crippen LogP contribution in [0.5, 0.6) is 0 Å². The zero-order valence-corrected chi connectivity index (χ0v) is 10.8. The van der Waals surface area contributed by atoms with Crippen LogP contribution >= 0.6 is 0 Å². The number of carbonyl (C=O) groups excluding carboxylic acids is 1. The molecule has 100 valence electrons. The Hall–Kier alpha value is -1.29. The van der Waals surface area contributed by atoms with Gasteiger partial charge in [-0.2, -0.15) is 0 Å². The van der Waals surface area contributed by atoms with E-state index in [4.69, 9.17) is 4.42 Å². The quantitative estimate of drug-likeness (QED) is 0.812. The van der Waals surface area contributed by atoms with E-state index in [1.165, 1.54) is 32.1 Å². The molecule has 0 saturated heterocycles. The lowest BCUT2D eigenvalue weighted by molar-refractivity contribution is -0.120. The van der Waals surface area contributed by atoms with Crippen LogP contribution in [0, 0.1) is 5.92 Å². The molecule has 4 nitrogen and oxygen atoms in total. The Balaban J connectivity index is 1.54. The van der Waals surface area contributed by atoms with Gasteiger partial charge < -0.3 is 15.1 Å². The molecule has 1 heterocycles. The zero-order chi connectivity index (χ0) is 12.6. The highest BCUT2D eigenvalue weighted by molar-refractivity contribution is 5.77. The lowest BCUT2D eigenvalue weighted by Crippen LogP contribution is -2.36. The fourth-order valence-electron chi connectivity index (χ4n) is 2.42. The van der Waals surface area contributed by atoms with Gasteiger partial charge >= 0.3 is 0 Å². The van der Waals surface area contributed by atoms with E-state index in [2.05, 4.69) is 10.6 Å². The molecule has 2 rings (SSSR count). The highest BCUT2D eigenvalue weighted by Crippen LogP contribution is 2.22. The average Bonchev–Trinajstić information content (AvgIpc) is 2.91. The molecule has 0 radical (unpaired) electrons. The Morgan fingerprint density at radius 1 is 1.33 bits per heavy atom. The van der Waals surface area contributed by atoms with Crippen molar-refractivity contribution in [2.75, 3.05) is 13.1 Å². The van der Waals surface area contributed by atoms with Gasteiger partial charge in [-0.1, -0.05) is 19.3 Å². The Kier molecular flexibility index (Phi) is 5.27. The van der Waals surface area contributed by atoms with Gasteiger partial charge in [-0.3, -0.25) is 4.79 Å². The number of hydrogen-bond donors (Lipinski definition) is 2. The summed E-state index contributed by atoms with van der Waals surface area (Å²) in [7, 11) is 0. The molecule has 1 fully saturated rings. The van der Waals surface area contributed by atoms with E-state index in [0.29, 0.717) is 19.0 Å². The molecular formula is C14H22N2O2. The standard InChI is InChI=1S/C14H22N2O2/c17-14(11-15-10-13-7-4-8-18-13)16-9-12-5-2-1-3-6-12/h4,7-8,12,15H,1-3,5-6,9-11H2,(H,16,17). The maximum absolute atomic E-state index is 11.6. The molecule has 0 spiro atoms. The third kappa shape index (κ3) is 4.53. The molecule has 18 heavy (non-hydrogen) atoms. The van der Waals surface area contributed by atoms with Crippen molar-refractivity contribution in [1.82, 2.24) is 10.6 Å². The zero-order valence-electron chi connectivity index (χ0n) is 10.8. The fourth-order valence-corrected chi connectivity index (χ4v) is 2.42. The van der Waals surface area contributed by atoms with Gasteiger partial charge in [0.15, 0.2) is 0 Å². The van der Waals surface area contributed by atoms with E-state index in [1.54, 1.807) is 6.26 Å². The Labute approximate surface area is 108 Å². The van der Waals surface area contributed by atoms with Gasteiger partial charge in [0.2, 0.25) is 5.91 Å². The van der Waals surface area contributed by atoms with Crippen LogP contribution in [0.1, 0.15) is 37.9 Å². The first-order chi connectivity index (χ1) is 8.84. The average molecular weight is 250 g/mol. The second-order valence-corrected chi connectivity index (χ2v) is 4.99. The van der Waals surface area contributed by atoms with Crippen LogP contribution in [0.2, 0.25) is 0 Å². The summed E-state index contributed by atoms with van der Waals surface area (Å²) in [6, 6.07) is 3.74. The van der Waals surface area contributed by atoms with Crippen molar-refractivity contribution < 1.29 is 9.21 Å². The maximum Gasteiger partial charge on any atom is 0.233 e. The molecule has 1 aromatic rings. The van der Waals surface area contributed by atoms with Gasteiger partial charge in [0.25, 0.3) is 0 Å². The van der Waals surface area contributed by atoms with Crippen molar-refractivity contribution in [2.24, 2.45) is 5.92 Å². The molecule has 1 saturated carbocycles. The smallest absolute Gasteiger partial charge is 0.233 e. The summed E-state index contributed by atoms with van der Waals surface area (Å²) in [6.45, 7) is 1.79. The van der Waals surface area contributed by atoms with Crippen LogP contribution in [-0.2, 0) is 11.3 Å². The molecule has 1 aromatic heterocycles. The molecule has 0 aliphatic heterocycles. The minimum Gasteiger partial charge on any atom is -0.468 e. The first kappa shape index (κ1) is 13.1. The number of nitrogens with one attached hydrogen (secondary N) is 2. The highest BCUT2D eigenvalue weighted by Gasteiger charge is 2.13. The van der Waals surface area contributed by atoms with Crippen LogP contribution < -0.4 is 10.6 Å². The van der Waals surface area contributed by atoms with E-state index in [9.17, 15) is 4.79 Å². The van der Waals surface area contributed by atoms with Crippen LogP contribution in [0.3, 0.4) is 0 Å². The summed E-state index contributed by atoms with van der Waals surface area (Å²) in [5, 5.41) is 6.07. The summed E-state index contributed by atoms with van der Waals surface area (Å²) < 4.78 is 5.18. The van der Waals surface area contributed by atoms with Crippen molar-refractivity contribution in [3.8, 4) is 0 Å². The second kappa shape index (κ2) is 7.21. The monoisotopic (exact) mass is 250 g/mol. The number of furan rings is 1. The largest absolute Gasteiger partial charge is 0.468 e. The van der Waals surface area contributed by atoms with Crippen molar-refractivity contribution in [3.05, 3.63) is 24.2 Å². The Bertz CT molecular complexity index is 343. The topological polar surface area (TPSA) is 54.3 Å². The maximum atomic E-state index is 11.6. The minimum absolute atomic E-state index is 0.0760. The summed E-state index contributed by atoms with van der Waals surface area (Å²) in [5.41, 5.74) is 0. The van der Waals surface area contributed by atoms with Crippen LogP contribution in [-0.4, -0.2) is 19.0 Å². The Morgan fingerprint density at radius 2 is 2.17 bits per heavy atom. The fraction of sp³-hybridized carbons (Fsp3) is 0.643. The third-order valence-electron chi connectivity index (χ3n) is 3.48. The SMILES string of the molecule is O=C(CNCc1ccco1)NCC1CCCCC1. The molecule has 0 atom stereocenters. The van der Waals surface area contributed by atoms with Gasteiger partial charge in [0, 0.05) is 6.54 Å². The molecule has 0 bridgehead atoms. The molecule has 0 aromatic carbocycles. The summed E-state index contributed by atoms with van der Waals surface area (Å²) >= 11 is 0. The van der Waals surface area contributed by atoms with E-state index in [0.717, 1.165) is 12.3 Å². The van der Waals surface area contributed by atoms with E-state index in [1.807, 2.05) is 12.1 Å². The van der Waals surface area contributed by atoms with E-state index >= 15 is 0 Å². The molecule has 1 aliphatic rings. The van der Waals surface area contributed by atoms with Crippen LogP contribution in [0.4, 0.5) is 0 Å². The van der Waals surface area contributed by atoms with Crippen LogP contribution in [0.15, 0.2) is 22.8 Å². The predicted molar refractivity (Wildman–Crippen MR) is 70.0 cm³/mol. The van der Waals surface area contributed by atoms with Crippen molar-refractivity contribution in [1.29, 1.82) is 0 Å². The number of rotatable bonds is 6. The van der Waals surface area contributed by atoms with Gasteiger partial charge in [0.05, 0.1) is 19.4 Å². The van der Waals surface area contributed by atoms with Crippen molar-refractivity contribution >= 4 is 5.91 Å². The summed E-state index contributed by atoms with van der Waals surface area (Å²) in [6.07, 6.45) is 8.16. The minimum atomic E-state index is 0.0760. The Morgan fingerprint density at radius 3 is 2.89 bits per heavy atom. The van der Waals surface area contributed by atoms with Crippen molar-refractivity contribution in [3.63, 3.8) is 0 Å². The molecule has 2 N–H and O–H groups in total. The second-order valence-electron chi connectivity index (χ2n) is 4.99.